The van der Waals surface area contributed by atoms with E-state index in [0.29, 0.717) is 0 Å². The standard InChI is InChI=1S/C11H8ClNO4S/c1-2-3-4-5-9-6-7-10(13(14)15)8-11(9)18(12,16)17/h2-3,6-8H,1H3/b3-2+. The van der Waals surface area contributed by atoms with Crippen molar-refractivity contribution in [3.63, 3.8) is 0 Å². The van der Waals surface area contributed by atoms with Crippen molar-refractivity contribution in [3.05, 3.63) is 46.0 Å². The molecule has 94 valence electrons. The number of hydrogen-bond donors (Lipinski definition) is 0. The van der Waals surface area contributed by atoms with E-state index in [0.717, 1.165) is 6.07 Å². The molecule has 0 amide bonds. The molecule has 7 heteroatoms. The minimum absolute atomic E-state index is 0.119. The smallest absolute Gasteiger partial charge is 0.258 e. The Balaban J connectivity index is 3.46. The summed E-state index contributed by atoms with van der Waals surface area (Å²) in [5, 5.41) is 10.6. The van der Waals surface area contributed by atoms with Crippen molar-refractivity contribution in [3.8, 4) is 11.8 Å². The number of allylic oxidation sites excluding steroid dienone is 2. The molecule has 0 saturated heterocycles. The van der Waals surface area contributed by atoms with Crippen LogP contribution in [-0.2, 0) is 9.05 Å². The highest BCUT2D eigenvalue weighted by atomic mass is 35.7. The van der Waals surface area contributed by atoms with Gasteiger partial charge in [-0.3, -0.25) is 10.1 Å². The number of hydrogen-bond acceptors (Lipinski definition) is 4. The van der Waals surface area contributed by atoms with Crippen LogP contribution in [0.25, 0.3) is 0 Å². The lowest BCUT2D eigenvalue weighted by molar-refractivity contribution is -0.385. The summed E-state index contributed by atoms with van der Waals surface area (Å²) in [6.07, 6.45) is 3.19. The van der Waals surface area contributed by atoms with Crippen molar-refractivity contribution in [2.45, 2.75) is 11.8 Å². The highest BCUT2D eigenvalue weighted by molar-refractivity contribution is 8.13. The second-order valence-electron chi connectivity index (χ2n) is 3.14. The SMILES string of the molecule is C/C=C/C#Cc1ccc([N+](=O)[O-])cc1S(=O)(=O)Cl. The molecule has 0 radical (unpaired) electrons. The van der Waals surface area contributed by atoms with Crippen molar-refractivity contribution in [1.29, 1.82) is 0 Å². The van der Waals surface area contributed by atoms with E-state index in [9.17, 15) is 18.5 Å². The van der Waals surface area contributed by atoms with Gasteiger partial charge >= 0.3 is 0 Å². The number of nitro groups is 1. The molecule has 0 bridgehead atoms. The molecule has 0 atom stereocenters. The number of rotatable bonds is 2. The fourth-order valence-corrected chi connectivity index (χ4v) is 2.16. The van der Waals surface area contributed by atoms with E-state index in [4.69, 9.17) is 10.7 Å². The summed E-state index contributed by atoms with van der Waals surface area (Å²) in [5.41, 5.74) is -0.237. The van der Waals surface area contributed by atoms with Gasteiger partial charge in [0.1, 0.15) is 4.90 Å². The Morgan fingerprint density at radius 1 is 1.44 bits per heavy atom. The Kier molecular flexibility index (Phi) is 4.48. The summed E-state index contributed by atoms with van der Waals surface area (Å²) >= 11 is 0. The molecule has 0 N–H and O–H groups in total. The van der Waals surface area contributed by atoms with Crippen molar-refractivity contribution < 1.29 is 13.3 Å². The Bertz CT molecular complexity index is 668. The molecule has 18 heavy (non-hydrogen) atoms. The summed E-state index contributed by atoms with van der Waals surface area (Å²) in [7, 11) is 1.13. The summed E-state index contributed by atoms with van der Waals surface area (Å²) in [4.78, 5) is 9.51. The Morgan fingerprint density at radius 3 is 2.61 bits per heavy atom. The summed E-state index contributed by atoms with van der Waals surface area (Å²) in [6.45, 7) is 1.75. The van der Waals surface area contributed by atoms with E-state index in [2.05, 4.69) is 11.8 Å². The third kappa shape index (κ3) is 3.58. The topological polar surface area (TPSA) is 77.3 Å². The number of halogens is 1. The van der Waals surface area contributed by atoms with Gasteiger partial charge in [-0.25, -0.2) is 8.42 Å². The predicted octanol–water partition coefficient (Wildman–Crippen LogP) is 2.45. The molecule has 0 unspecified atom stereocenters. The molecule has 0 aliphatic heterocycles. The van der Waals surface area contributed by atoms with Crippen molar-refractivity contribution in [2.24, 2.45) is 0 Å². The van der Waals surface area contributed by atoms with Crippen molar-refractivity contribution >= 4 is 25.4 Å². The number of nitrogens with zero attached hydrogens (tertiary/aromatic N) is 1. The maximum Gasteiger partial charge on any atom is 0.270 e. The van der Waals surface area contributed by atoms with Crippen molar-refractivity contribution in [2.75, 3.05) is 0 Å². The van der Waals surface area contributed by atoms with Crippen LogP contribution in [0.3, 0.4) is 0 Å². The highest BCUT2D eigenvalue weighted by Gasteiger charge is 2.19. The monoisotopic (exact) mass is 285 g/mol. The van der Waals surface area contributed by atoms with Gasteiger partial charge in [0, 0.05) is 28.4 Å². The Labute approximate surface area is 109 Å². The van der Waals surface area contributed by atoms with Crippen LogP contribution in [0.4, 0.5) is 5.69 Å². The van der Waals surface area contributed by atoms with E-state index in [1.54, 1.807) is 13.0 Å². The fourth-order valence-electron chi connectivity index (χ4n) is 1.13. The third-order valence-electron chi connectivity index (χ3n) is 1.90. The zero-order valence-electron chi connectivity index (χ0n) is 9.25. The average molecular weight is 286 g/mol. The Hall–Kier alpha value is -1.84. The lowest BCUT2D eigenvalue weighted by atomic mass is 10.2. The number of benzene rings is 1. The maximum atomic E-state index is 11.3. The Morgan fingerprint density at radius 2 is 2.11 bits per heavy atom. The van der Waals surface area contributed by atoms with Crippen LogP contribution in [-0.4, -0.2) is 13.3 Å². The molecule has 5 nitrogen and oxygen atoms in total. The molecular formula is C11H8ClNO4S. The maximum absolute atomic E-state index is 11.3. The van der Waals surface area contributed by atoms with Gasteiger partial charge < -0.3 is 0 Å². The summed E-state index contributed by atoms with van der Waals surface area (Å²) < 4.78 is 22.6. The van der Waals surface area contributed by atoms with Crippen LogP contribution in [0.1, 0.15) is 12.5 Å². The van der Waals surface area contributed by atoms with Gasteiger partial charge in [-0.15, -0.1) is 0 Å². The molecule has 1 aromatic carbocycles. The van der Waals surface area contributed by atoms with Gasteiger partial charge in [0.15, 0.2) is 0 Å². The van der Waals surface area contributed by atoms with E-state index in [1.165, 1.54) is 18.2 Å². The van der Waals surface area contributed by atoms with Gasteiger partial charge in [-0.1, -0.05) is 17.9 Å². The van der Waals surface area contributed by atoms with Gasteiger partial charge in [0.2, 0.25) is 0 Å². The first-order valence-corrected chi connectivity index (χ1v) is 7.03. The van der Waals surface area contributed by atoms with Crippen LogP contribution in [0.5, 0.6) is 0 Å². The first-order chi connectivity index (χ1) is 8.36. The summed E-state index contributed by atoms with van der Waals surface area (Å²) in [6, 6.07) is 3.32. The van der Waals surface area contributed by atoms with Crippen LogP contribution in [0.2, 0.25) is 0 Å². The van der Waals surface area contributed by atoms with Crippen molar-refractivity contribution in [1.82, 2.24) is 0 Å². The third-order valence-corrected chi connectivity index (χ3v) is 3.26. The zero-order chi connectivity index (χ0) is 13.8. The van der Waals surface area contributed by atoms with E-state index in [-0.39, 0.29) is 16.1 Å². The molecule has 0 heterocycles. The molecule has 1 aromatic rings. The predicted molar refractivity (Wildman–Crippen MR) is 67.8 cm³/mol. The first kappa shape index (κ1) is 14.2. The van der Waals surface area contributed by atoms with E-state index < -0.39 is 14.0 Å². The van der Waals surface area contributed by atoms with Gasteiger partial charge in [0.25, 0.3) is 14.7 Å². The highest BCUT2D eigenvalue weighted by Crippen LogP contribution is 2.24. The van der Waals surface area contributed by atoms with E-state index >= 15 is 0 Å². The second-order valence-corrected chi connectivity index (χ2v) is 5.68. The van der Waals surface area contributed by atoms with E-state index in [1.807, 2.05) is 0 Å². The lowest BCUT2D eigenvalue weighted by Crippen LogP contribution is -1.97. The van der Waals surface area contributed by atoms with Crippen LogP contribution < -0.4 is 0 Å². The normalized spacial score (nSPS) is 11.0. The molecule has 0 spiro atoms. The second kappa shape index (κ2) is 5.67. The molecule has 0 aliphatic rings. The molecule has 1 rings (SSSR count). The molecule has 0 aromatic heterocycles. The van der Waals surface area contributed by atoms with Gasteiger partial charge in [-0.05, 0) is 19.1 Å². The molecule has 0 saturated carbocycles. The van der Waals surface area contributed by atoms with Crippen LogP contribution in [0.15, 0.2) is 35.2 Å². The lowest BCUT2D eigenvalue weighted by Gasteiger charge is -2.00. The zero-order valence-corrected chi connectivity index (χ0v) is 10.8. The largest absolute Gasteiger partial charge is 0.270 e. The summed E-state index contributed by atoms with van der Waals surface area (Å²) in [5.74, 6) is 5.15. The van der Waals surface area contributed by atoms with Gasteiger partial charge in [-0.2, -0.15) is 0 Å². The number of nitro benzene ring substituents is 1. The minimum atomic E-state index is -4.09. The number of non-ortho nitro benzene ring substituents is 1. The van der Waals surface area contributed by atoms with Crippen LogP contribution in [0, 0.1) is 22.0 Å². The van der Waals surface area contributed by atoms with Crippen LogP contribution >= 0.6 is 10.7 Å². The first-order valence-electron chi connectivity index (χ1n) is 4.72. The molecule has 0 aliphatic carbocycles. The fraction of sp³-hybridized carbons (Fsp3) is 0.0909. The quantitative estimate of drug-likeness (QED) is 0.362. The molecule has 0 fully saturated rings. The minimum Gasteiger partial charge on any atom is -0.258 e. The molecular weight excluding hydrogens is 278 g/mol. The van der Waals surface area contributed by atoms with Gasteiger partial charge in [0.05, 0.1) is 4.92 Å². The average Bonchev–Trinajstić information content (AvgIpc) is 2.28.